The quantitative estimate of drug-likeness (QED) is 0.335. The summed E-state index contributed by atoms with van der Waals surface area (Å²) in [6.07, 6.45) is 0.742. The molecule has 9 heteroatoms. The van der Waals surface area contributed by atoms with E-state index in [1.165, 1.54) is 17.8 Å². The molecular weight excluding hydrogens is 479 g/mol. The molecule has 1 amide bonds. The van der Waals surface area contributed by atoms with Gasteiger partial charge in [-0.25, -0.2) is 4.39 Å². The van der Waals surface area contributed by atoms with E-state index in [9.17, 15) is 9.18 Å². The molecule has 0 unspecified atom stereocenters. The fraction of sp³-hybridized carbons (Fsp3) is 0.222. The van der Waals surface area contributed by atoms with Gasteiger partial charge in [0.25, 0.3) is 0 Å². The fourth-order valence-corrected chi connectivity index (χ4v) is 4.96. The third-order valence-electron chi connectivity index (χ3n) is 5.91. The largest absolute Gasteiger partial charge is 0.454 e. The Kier molecular flexibility index (Phi) is 7.18. The zero-order chi connectivity index (χ0) is 24.9. The summed E-state index contributed by atoms with van der Waals surface area (Å²) in [5.41, 5.74) is 2.49. The number of fused-ring (bicyclic) bond motifs is 1. The molecule has 1 aromatic heterocycles. The molecule has 3 aromatic carbocycles. The lowest BCUT2D eigenvalue weighted by molar-refractivity contribution is -0.121. The van der Waals surface area contributed by atoms with Gasteiger partial charge in [0.15, 0.2) is 22.5 Å². The first-order valence-corrected chi connectivity index (χ1v) is 12.5. The molecule has 184 valence electrons. The van der Waals surface area contributed by atoms with Gasteiger partial charge < -0.3 is 19.4 Å². The zero-order valence-electron chi connectivity index (χ0n) is 19.7. The van der Waals surface area contributed by atoms with Crippen LogP contribution in [0.25, 0.3) is 0 Å². The van der Waals surface area contributed by atoms with Gasteiger partial charge in [-0.05, 0) is 41.3 Å². The average molecular weight is 505 g/mol. The number of ether oxygens (including phenoxy) is 2. The molecule has 0 spiro atoms. The van der Waals surface area contributed by atoms with Gasteiger partial charge in [0.1, 0.15) is 5.82 Å². The summed E-state index contributed by atoms with van der Waals surface area (Å²) in [5, 5.41) is 12.5. The molecular formula is C27H25FN4O3S. The number of aromatic nitrogens is 3. The lowest BCUT2D eigenvalue weighted by Gasteiger charge is -2.19. The van der Waals surface area contributed by atoms with Crippen LogP contribution >= 0.6 is 11.8 Å². The smallest absolute Gasteiger partial charge is 0.231 e. The molecule has 5 rings (SSSR count). The van der Waals surface area contributed by atoms with Crippen molar-refractivity contribution in [3.63, 3.8) is 0 Å². The van der Waals surface area contributed by atoms with E-state index >= 15 is 0 Å². The number of nitrogens with zero attached hydrogens (tertiary/aromatic N) is 3. The van der Waals surface area contributed by atoms with E-state index in [4.69, 9.17) is 9.47 Å². The van der Waals surface area contributed by atoms with Crippen molar-refractivity contribution in [1.82, 2.24) is 20.1 Å². The Morgan fingerprint density at radius 1 is 1.03 bits per heavy atom. The molecule has 36 heavy (non-hydrogen) atoms. The summed E-state index contributed by atoms with van der Waals surface area (Å²) in [6, 6.07) is 21.7. The van der Waals surface area contributed by atoms with Crippen molar-refractivity contribution >= 4 is 17.7 Å². The molecule has 0 radical (unpaired) electrons. The van der Waals surface area contributed by atoms with Gasteiger partial charge >= 0.3 is 0 Å². The van der Waals surface area contributed by atoms with Crippen molar-refractivity contribution in [1.29, 1.82) is 0 Å². The Bertz CT molecular complexity index is 1360. The predicted molar refractivity (Wildman–Crippen MR) is 134 cm³/mol. The van der Waals surface area contributed by atoms with Gasteiger partial charge in [0.05, 0.1) is 12.5 Å². The van der Waals surface area contributed by atoms with Crippen LogP contribution < -0.4 is 14.8 Å². The van der Waals surface area contributed by atoms with Crippen LogP contribution in [0.5, 0.6) is 11.5 Å². The van der Waals surface area contributed by atoms with Gasteiger partial charge in [0.2, 0.25) is 12.7 Å². The number of thioether (sulfide) groups is 1. The van der Waals surface area contributed by atoms with Crippen molar-refractivity contribution < 1.29 is 18.7 Å². The second-order valence-corrected chi connectivity index (χ2v) is 9.40. The van der Waals surface area contributed by atoms with Gasteiger partial charge in [-0.3, -0.25) is 4.79 Å². The van der Waals surface area contributed by atoms with Gasteiger partial charge in [-0.1, -0.05) is 66.4 Å². The molecule has 4 aromatic rings. The first kappa shape index (κ1) is 23.9. The van der Waals surface area contributed by atoms with E-state index in [0.717, 1.165) is 11.1 Å². The summed E-state index contributed by atoms with van der Waals surface area (Å²) in [6.45, 7) is 0.188. The summed E-state index contributed by atoms with van der Waals surface area (Å²) >= 11 is 1.40. The van der Waals surface area contributed by atoms with Gasteiger partial charge in [-0.15, -0.1) is 10.2 Å². The van der Waals surface area contributed by atoms with Crippen molar-refractivity contribution in [3.05, 3.63) is 101 Å². The number of benzene rings is 3. The summed E-state index contributed by atoms with van der Waals surface area (Å²) < 4.78 is 26.7. The molecule has 2 heterocycles. The summed E-state index contributed by atoms with van der Waals surface area (Å²) in [7, 11) is 1.86. The van der Waals surface area contributed by atoms with Crippen molar-refractivity contribution in [2.45, 2.75) is 29.8 Å². The van der Waals surface area contributed by atoms with E-state index < -0.39 is 6.04 Å². The molecule has 0 fully saturated rings. The third kappa shape index (κ3) is 5.52. The lowest BCUT2D eigenvalue weighted by atomic mass is 10.0. The van der Waals surface area contributed by atoms with Gasteiger partial charge in [-0.2, -0.15) is 0 Å². The van der Waals surface area contributed by atoms with E-state index in [1.54, 1.807) is 12.1 Å². The monoisotopic (exact) mass is 504 g/mol. The maximum atomic E-state index is 14.0. The van der Waals surface area contributed by atoms with Crippen molar-refractivity contribution in [3.8, 4) is 11.5 Å². The number of carbonyl (C=O) groups is 1. The maximum Gasteiger partial charge on any atom is 0.231 e. The predicted octanol–water partition coefficient (Wildman–Crippen LogP) is 4.62. The van der Waals surface area contributed by atoms with E-state index in [2.05, 4.69) is 15.5 Å². The highest BCUT2D eigenvalue weighted by Gasteiger charge is 2.23. The highest BCUT2D eigenvalue weighted by molar-refractivity contribution is 7.98. The van der Waals surface area contributed by atoms with Crippen LogP contribution in [0.1, 0.15) is 28.6 Å². The van der Waals surface area contributed by atoms with Crippen LogP contribution in [0.2, 0.25) is 0 Å². The first-order valence-electron chi connectivity index (χ1n) is 11.5. The zero-order valence-corrected chi connectivity index (χ0v) is 20.5. The van der Waals surface area contributed by atoms with E-state index in [-0.39, 0.29) is 24.9 Å². The van der Waals surface area contributed by atoms with Crippen LogP contribution in [0.4, 0.5) is 4.39 Å². The second-order valence-electron chi connectivity index (χ2n) is 8.45. The van der Waals surface area contributed by atoms with Crippen LogP contribution in [0.3, 0.4) is 0 Å². The molecule has 1 N–H and O–H groups in total. The minimum Gasteiger partial charge on any atom is -0.454 e. The first-order chi connectivity index (χ1) is 17.6. The minimum absolute atomic E-state index is 0.140. The Hall–Kier alpha value is -3.85. The molecule has 7 nitrogen and oxygen atoms in total. The Labute approximate surface area is 212 Å². The molecule has 0 aliphatic carbocycles. The molecule has 1 aliphatic rings. The number of rotatable bonds is 9. The van der Waals surface area contributed by atoms with Crippen LogP contribution in [0, 0.1) is 5.82 Å². The molecule has 1 aliphatic heterocycles. The third-order valence-corrected chi connectivity index (χ3v) is 6.98. The van der Waals surface area contributed by atoms with E-state index in [0.29, 0.717) is 40.2 Å². The molecule has 1 atom stereocenters. The summed E-state index contributed by atoms with van der Waals surface area (Å²) in [4.78, 5) is 13.1. The Balaban J connectivity index is 1.33. The standard InChI is InChI=1S/C27H25FN4O3S/c1-32-26(30-31-27(32)36-16-20-9-5-6-10-21(20)28)22(13-18-7-3-2-4-8-18)29-25(33)15-19-11-12-23-24(14-19)35-17-34-23/h2-12,14,22H,13,15-17H2,1H3,(H,29,33)/t22-/m1/s1. The number of carbonyl (C=O) groups excluding carboxylic acids is 1. The number of amides is 1. The summed E-state index contributed by atoms with van der Waals surface area (Å²) in [5.74, 6) is 2.00. The second kappa shape index (κ2) is 10.8. The Morgan fingerprint density at radius 2 is 1.81 bits per heavy atom. The normalized spacial score (nSPS) is 12.9. The van der Waals surface area contributed by atoms with E-state index in [1.807, 2.05) is 66.2 Å². The number of hydrogen-bond donors (Lipinski definition) is 1. The number of hydrogen-bond acceptors (Lipinski definition) is 6. The minimum atomic E-state index is -0.394. The maximum absolute atomic E-state index is 14.0. The van der Waals surface area contributed by atoms with Crippen molar-refractivity contribution in [2.24, 2.45) is 7.05 Å². The highest BCUT2D eigenvalue weighted by atomic mass is 32.2. The van der Waals surface area contributed by atoms with Crippen LogP contribution in [-0.2, 0) is 30.4 Å². The Morgan fingerprint density at radius 3 is 2.64 bits per heavy atom. The fourth-order valence-electron chi connectivity index (χ4n) is 4.05. The van der Waals surface area contributed by atoms with Crippen LogP contribution in [-0.4, -0.2) is 27.5 Å². The topological polar surface area (TPSA) is 78.3 Å². The van der Waals surface area contributed by atoms with Crippen molar-refractivity contribution in [2.75, 3.05) is 6.79 Å². The van der Waals surface area contributed by atoms with Crippen LogP contribution in [0.15, 0.2) is 78.0 Å². The number of halogens is 1. The lowest BCUT2D eigenvalue weighted by Crippen LogP contribution is -2.33. The molecule has 0 bridgehead atoms. The highest BCUT2D eigenvalue weighted by Crippen LogP contribution is 2.32. The SMILES string of the molecule is Cn1c(SCc2ccccc2F)nnc1[C@@H](Cc1ccccc1)NC(=O)Cc1ccc2c(c1)OCO2. The molecule has 0 saturated carbocycles. The van der Waals surface area contributed by atoms with Gasteiger partial charge in [0, 0.05) is 12.8 Å². The average Bonchev–Trinajstić information content (AvgIpc) is 3.50. The number of nitrogens with one attached hydrogen (secondary N) is 1. The molecule has 0 saturated heterocycles.